The van der Waals surface area contributed by atoms with E-state index >= 15 is 0 Å². The molecular weight excluding hydrogens is 362 g/mol. The van der Waals surface area contributed by atoms with Crippen LogP contribution in [-0.4, -0.2) is 29.9 Å². The lowest BCUT2D eigenvalue weighted by atomic mass is 10.2. The number of amides is 2. The third-order valence-corrected chi connectivity index (χ3v) is 4.12. The van der Waals surface area contributed by atoms with Gasteiger partial charge in [-0.1, -0.05) is 23.7 Å². The van der Waals surface area contributed by atoms with Crippen LogP contribution in [0.3, 0.4) is 0 Å². The molecule has 2 aromatic carbocycles. The van der Waals surface area contributed by atoms with Crippen molar-refractivity contribution in [2.24, 2.45) is 0 Å². The summed E-state index contributed by atoms with van der Waals surface area (Å²) in [6.07, 6.45) is 0.0243. The summed E-state index contributed by atoms with van der Waals surface area (Å²) in [5.41, 5.74) is 0.584. The van der Waals surface area contributed by atoms with E-state index in [0.717, 1.165) is 0 Å². The summed E-state index contributed by atoms with van der Waals surface area (Å²) in [6, 6.07) is 11.1. The zero-order chi connectivity index (χ0) is 18.7. The van der Waals surface area contributed by atoms with Gasteiger partial charge in [0.2, 0.25) is 5.91 Å². The number of rotatable bonds is 5. The van der Waals surface area contributed by atoms with Crippen molar-refractivity contribution in [2.45, 2.75) is 6.42 Å². The van der Waals surface area contributed by atoms with Crippen LogP contribution in [0.5, 0.6) is 5.75 Å². The highest BCUT2D eigenvalue weighted by atomic mass is 35.5. The molecule has 1 N–H and O–H groups in total. The molecule has 0 atom stereocenters. The molecule has 134 valence electrons. The van der Waals surface area contributed by atoms with E-state index in [1.54, 1.807) is 24.3 Å². The molecule has 3 rings (SSSR count). The SMILES string of the molecule is O=C(CCN1C(=O)COc2ccccc21)Nc1ccc(Cl)c([N+](=O)[O-])c1. The molecule has 1 aliphatic rings. The number of nitro groups is 1. The molecule has 8 nitrogen and oxygen atoms in total. The van der Waals surface area contributed by atoms with Crippen molar-refractivity contribution >= 4 is 40.5 Å². The van der Waals surface area contributed by atoms with Crippen molar-refractivity contribution in [3.05, 3.63) is 57.6 Å². The Bertz CT molecular complexity index is 886. The topological polar surface area (TPSA) is 102 Å². The maximum atomic E-state index is 12.2. The molecule has 0 spiro atoms. The highest BCUT2D eigenvalue weighted by molar-refractivity contribution is 6.32. The summed E-state index contributed by atoms with van der Waals surface area (Å²) in [5, 5.41) is 13.5. The van der Waals surface area contributed by atoms with Gasteiger partial charge < -0.3 is 15.0 Å². The number of ether oxygens (including phenoxy) is 1. The number of carbonyl (C=O) groups is 2. The van der Waals surface area contributed by atoms with Gasteiger partial charge in [-0.15, -0.1) is 0 Å². The normalized spacial score (nSPS) is 13.0. The van der Waals surface area contributed by atoms with Crippen molar-refractivity contribution < 1.29 is 19.2 Å². The van der Waals surface area contributed by atoms with E-state index in [4.69, 9.17) is 16.3 Å². The zero-order valence-electron chi connectivity index (χ0n) is 13.5. The van der Waals surface area contributed by atoms with E-state index in [9.17, 15) is 19.7 Å². The van der Waals surface area contributed by atoms with Crippen LogP contribution in [0.15, 0.2) is 42.5 Å². The lowest BCUT2D eigenvalue weighted by molar-refractivity contribution is -0.384. The first kappa shape index (κ1) is 17.7. The van der Waals surface area contributed by atoms with Crippen molar-refractivity contribution in [3.63, 3.8) is 0 Å². The Hall–Kier alpha value is -3.13. The number of carbonyl (C=O) groups excluding carboxylic acids is 2. The molecule has 0 aliphatic carbocycles. The van der Waals surface area contributed by atoms with Crippen LogP contribution in [0.4, 0.5) is 17.1 Å². The Morgan fingerprint density at radius 1 is 1.31 bits per heavy atom. The Morgan fingerprint density at radius 2 is 2.08 bits per heavy atom. The maximum absolute atomic E-state index is 12.2. The van der Waals surface area contributed by atoms with Gasteiger partial charge in [0.15, 0.2) is 6.61 Å². The van der Waals surface area contributed by atoms with E-state index < -0.39 is 4.92 Å². The molecule has 0 saturated heterocycles. The largest absolute Gasteiger partial charge is 0.482 e. The van der Waals surface area contributed by atoms with Crippen LogP contribution in [0.2, 0.25) is 5.02 Å². The number of nitrogens with zero attached hydrogens (tertiary/aromatic N) is 2. The van der Waals surface area contributed by atoms with E-state index in [0.29, 0.717) is 11.4 Å². The van der Waals surface area contributed by atoms with Gasteiger partial charge in [-0.05, 0) is 24.3 Å². The predicted octanol–water partition coefficient (Wildman–Crippen LogP) is 3.00. The summed E-state index contributed by atoms with van der Waals surface area (Å²) in [4.78, 5) is 36.0. The molecule has 0 saturated carbocycles. The van der Waals surface area contributed by atoms with Gasteiger partial charge in [-0.3, -0.25) is 19.7 Å². The van der Waals surface area contributed by atoms with Crippen LogP contribution in [0.25, 0.3) is 0 Å². The number of nitrogens with one attached hydrogen (secondary N) is 1. The minimum atomic E-state index is -0.624. The van der Waals surface area contributed by atoms with Crippen molar-refractivity contribution in [1.82, 2.24) is 0 Å². The number of halogens is 1. The summed E-state index contributed by atoms with van der Waals surface area (Å²) in [7, 11) is 0. The van der Waals surface area contributed by atoms with Crippen LogP contribution < -0.4 is 15.0 Å². The number of anilines is 2. The Balaban J connectivity index is 1.66. The lowest BCUT2D eigenvalue weighted by Gasteiger charge is -2.29. The van der Waals surface area contributed by atoms with Gasteiger partial charge in [0.25, 0.3) is 11.6 Å². The molecule has 0 bridgehead atoms. The molecule has 0 unspecified atom stereocenters. The monoisotopic (exact) mass is 375 g/mol. The van der Waals surface area contributed by atoms with Gasteiger partial charge in [0.05, 0.1) is 10.6 Å². The smallest absolute Gasteiger partial charge is 0.289 e. The van der Waals surface area contributed by atoms with Gasteiger partial charge in [0.1, 0.15) is 10.8 Å². The van der Waals surface area contributed by atoms with E-state index in [-0.39, 0.29) is 47.8 Å². The molecule has 26 heavy (non-hydrogen) atoms. The molecule has 9 heteroatoms. The molecule has 0 radical (unpaired) electrons. The fourth-order valence-corrected chi connectivity index (χ4v) is 2.75. The highest BCUT2D eigenvalue weighted by Gasteiger charge is 2.25. The molecule has 0 aromatic heterocycles. The second kappa shape index (κ2) is 7.40. The van der Waals surface area contributed by atoms with Gasteiger partial charge in [0, 0.05) is 24.7 Å². The first-order chi connectivity index (χ1) is 12.5. The first-order valence-corrected chi connectivity index (χ1v) is 8.09. The number of hydrogen-bond donors (Lipinski definition) is 1. The first-order valence-electron chi connectivity index (χ1n) is 7.71. The molecule has 1 heterocycles. The zero-order valence-corrected chi connectivity index (χ0v) is 14.2. The molecular formula is C17H14ClN3O5. The Morgan fingerprint density at radius 3 is 2.85 bits per heavy atom. The van der Waals surface area contributed by atoms with Gasteiger partial charge in [-0.2, -0.15) is 0 Å². The van der Waals surface area contributed by atoms with Crippen LogP contribution in [0.1, 0.15) is 6.42 Å². The summed E-state index contributed by atoms with van der Waals surface area (Å²) < 4.78 is 5.35. The Labute approximate surface area is 153 Å². The summed E-state index contributed by atoms with van der Waals surface area (Å²) in [6.45, 7) is 0.0860. The second-order valence-corrected chi connectivity index (χ2v) is 5.93. The third-order valence-electron chi connectivity index (χ3n) is 3.80. The number of fused-ring (bicyclic) bond motifs is 1. The average molecular weight is 376 g/mol. The number of nitro benzene ring substituents is 1. The summed E-state index contributed by atoms with van der Waals surface area (Å²) in [5.74, 6) is -0.0298. The van der Waals surface area contributed by atoms with Gasteiger partial charge in [-0.25, -0.2) is 0 Å². The highest BCUT2D eigenvalue weighted by Crippen LogP contribution is 2.31. The van der Waals surface area contributed by atoms with Gasteiger partial charge >= 0.3 is 0 Å². The van der Waals surface area contributed by atoms with E-state index in [1.165, 1.54) is 23.1 Å². The van der Waals surface area contributed by atoms with Crippen LogP contribution in [0, 0.1) is 10.1 Å². The maximum Gasteiger partial charge on any atom is 0.289 e. The van der Waals surface area contributed by atoms with Crippen LogP contribution >= 0.6 is 11.6 Å². The van der Waals surface area contributed by atoms with E-state index in [1.807, 2.05) is 0 Å². The molecule has 0 fully saturated rings. The van der Waals surface area contributed by atoms with E-state index in [2.05, 4.69) is 5.32 Å². The number of para-hydroxylation sites is 2. The quantitative estimate of drug-likeness (QED) is 0.639. The number of benzene rings is 2. The van der Waals surface area contributed by atoms with Crippen molar-refractivity contribution in [2.75, 3.05) is 23.4 Å². The fraction of sp³-hybridized carbons (Fsp3) is 0.176. The average Bonchev–Trinajstić information content (AvgIpc) is 2.62. The standard InChI is InChI=1S/C17H14ClN3O5/c18-12-6-5-11(9-14(12)21(24)25)19-16(22)7-8-20-13-3-1-2-4-15(13)26-10-17(20)23/h1-6,9H,7-8,10H2,(H,19,22). The number of hydrogen-bond acceptors (Lipinski definition) is 5. The fourth-order valence-electron chi connectivity index (χ4n) is 2.57. The molecule has 2 amide bonds. The third kappa shape index (κ3) is 3.75. The van der Waals surface area contributed by atoms with Crippen molar-refractivity contribution in [1.29, 1.82) is 0 Å². The van der Waals surface area contributed by atoms with Crippen molar-refractivity contribution in [3.8, 4) is 5.75 Å². The molecule has 1 aliphatic heterocycles. The minimum Gasteiger partial charge on any atom is -0.482 e. The van der Waals surface area contributed by atoms with Crippen LogP contribution in [-0.2, 0) is 9.59 Å². The molecule has 2 aromatic rings. The second-order valence-electron chi connectivity index (χ2n) is 5.52. The minimum absolute atomic E-state index is 0.0106. The lowest BCUT2D eigenvalue weighted by Crippen LogP contribution is -2.40. The predicted molar refractivity (Wildman–Crippen MR) is 95.6 cm³/mol. The Kier molecular flexibility index (Phi) is 5.04. The summed E-state index contributed by atoms with van der Waals surface area (Å²) >= 11 is 5.74.